The van der Waals surface area contributed by atoms with Crippen LogP contribution in [0, 0.1) is 0 Å². The Hall–Kier alpha value is -2.08. The third-order valence-electron chi connectivity index (χ3n) is 5.68. The molecule has 0 atom stereocenters. The first-order valence-corrected chi connectivity index (χ1v) is 17.7. The van der Waals surface area contributed by atoms with Gasteiger partial charge in [0.25, 0.3) is 0 Å². The molecule has 2 aromatic rings. The van der Waals surface area contributed by atoms with Crippen molar-refractivity contribution in [1.29, 1.82) is 0 Å². The van der Waals surface area contributed by atoms with Crippen LogP contribution < -0.4 is 0 Å². The Balaban J connectivity index is 2.00. The van der Waals surface area contributed by atoms with E-state index in [4.69, 9.17) is 6.15 Å². The molecule has 2 aromatic carbocycles. The van der Waals surface area contributed by atoms with E-state index >= 15 is 0 Å². The van der Waals surface area contributed by atoms with Crippen molar-refractivity contribution >= 4 is 31.1 Å². The van der Waals surface area contributed by atoms with Gasteiger partial charge in [0.1, 0.15) is 0 Å². The number of unbranched alkanes of at least 4 members (excludes halogenated alkanes) is 2. The molecule has 0 saturated heterocycles. The summed E-state index contributed by atoms with van der Waals surface area (Å²) < 4.78 is 13.9. The fraction of sp³-hybridized carbons (Fsp3) is 0.385. The second-order valence-corrected chi connectivity index (χ2v) is 17.4. The van der Waals surface area contributed by atoms with Crippen LogP contribution in [0.2, 0.25) is 8.87 Å². The van der Waals surface area contributed by atoms with Gasteiger partial charge in [-0.05, 0) is 0 Å². The number of rotatable bonds is 10. The Morgan fingerprint density at radius 2 is 1.03 bits per heavy atom. The zero-order chi connectivity index (χ0) is 22.1. The van der Waals surface area contributed by atoms with Gasteiger partial charge >= 0.3 is 191 Å². The van der Waals surface area contributed by atoms with Crippen LogP contribution in [0.1, 0.15) is 50.7 Å². The zero-order valence-electron chi connectivity index (χ0n) is 18.6. The van der Waals surface area contributed by atoms with Crippen LogP contribution in [-0.4, -0.2) is 31.1 Å². The summed E-state index contributed by atoms with van der Waals surface area (Å²) in [5, 5.41) is 0. The van der Waals surface area contributed by atoms with Gasteiger partial charge in [0.2, 0.25) is 0 Å². The van der Waals surface area contributed by atoms with Crippen molar-refractivity contribution in [2.45, 2.75) is 61.2 Å². The van der Waals surface area contributed by atoms with E-state index in [-0.39, 0.29) is 11.9 Å². The molecular formula is C26H32O4Sn. The van der Waals surface area contributed by atoms with Crippen LogP contribution in [0.3, 0.4) is 0 Å². The van der Waals surface area contributed by atoms with Crippen LogP contribution in [0.25, 0.3) is 0 Å². The van der Waals surface area contributed by atoms with Crippen molar-refractivity contribution in [3.8, 4) is 0 Å². The van der Waals surface area contributed by atoms with Crippen molar-refractivity contribution < 1.29 is 15.7 Å². The average molecular weight is 527 g/mol. The number of carbonyl (C=O) groups excluding carboxylic acids is 2. The maximum atomic E-state index is 13.4. The molecule has 0 aliphatic carbocycles. The summed E-state index contributed by atoms with van der Waals surface area (Å²) in [6.45, 7) is 4.22. The van der Waals surface area contributed by atoms with E-state index in [0.29, 0.717) is 24.0 Å². The van der Waals surface area contributed by atoms with Gasteiger partial charge in [0.05, 0.1) is 0 Å². The molecule has 0 aromatic heterocycles. The summed E-state index contributed by atoms with van der Waals surface area (Å²) in [7, 11) is 0. The van der Waals surface area contributed by atoms with E-state index in [1.54, 1.807) is 0 Å². The third-order valence-corrected chi connectivity index (χ3v) is 15.2. The van der Waals surface area contributed by atoms with Crippen LogP contribution in [-0.2, 0) is 28.6 Å². The zero-order valence-corrected chi connectivity index (χ0v) is 21.4. The Morgan fingerprint density at radius 3 is 1.39 bits per heavy atom. The van der Waals surface area contributed by atoms with E-state index < -0.39 is 19.2 Å². The molecular weight excluding hydrogens is 495 g/mol. The molecule has 0 saturated carbocycles. The normalized spacial score (nSPS) is 15.9. The molecule has 1 aliphatic heterocycles. The summed E-state index contributed by atoms with van der Waals surface area (Å²) in [4.78, 5) is 26.9. The van der Waals surface area contributed by atoms with Gasteiger partial charge < -0.3 is 0 Å². The predicted molar refractivity (Wildman–Crippen MR) is 125 cm³/mol. The fourth-order valence-corrected chi connectivity index (χ4v) is 13.6. The van der Waals surface area contributed by atoms with Gasteiger partial charge in [-0.1, -0.05) is 0 Å². The fourth-order valence-electron chi connectivity index (χ4n) is 3.91. The number of hydrogen-bond donors (Lipinski definition) is 0. The summed E-state index contributed by atoms with van der Waals surface area (Å²) in [6, 6.07) is 19.6. The molecule has 0 N–H and O–H groups in total. The van der Waals surface area contributed by atoms with Crippen molar-refractivity contribution in [1.82, 2.24) is 0 Å². The first-order chi connectivity index (χ1) is 15.1. The predicted octanol–water partition coefficient (Wildman–Crippen LogP) is 5.91. The molecule has 0 radical (unpaired) electrons. The van der Waals surface area contributed by atoms with Crippen molar-refractivity contribution in [3.63, 3.8) is 0 Å². The van der Waals surface area contributed by atoms with E-state index in [1.807, 2.05) is 60.7 Å². The summed E-state index contributed by atoms with van der Waals surface area (Å²) >= 11 is -3.87. The van der Waals surface area contributed by atoms with E-state index in [2.05, 4.69) is 13.8 Å². The molecule has 0 fully saturated rings. The molecule has 5 heteroatoms. The quantitative estimate of drug-likeness (QED) is 0.361. The van der Waals surface area contributed by atoms with Gasteiger partial charge in [-0.15, -0.1) is 0 Å². The number of hydrogen-bond acceptors (Lipinski definition) is 4. The monoisotopic (exact) mass is 528 g/mol. The van der Waals surface area contributed by atoms with Crippen LogP contribution >= 0.6 is 0 Å². The first-order valence-electron chi connectivity index (χ1n) is 11.3. The van der Waals surface area contributed by atoms with Crippen LogP contribution in [0.5, 0.6) is 0 Å². The van der Waals surface area contributed by atoms with Gasteiger partial charge in [-0.25, -0.2) is 0 Å². The summed E-state index contributed by atoms with van der Waals surface area (Å²) in [6.07, 6.45) is 4.56. The molecule has 0 amide bonds. The van der Waals surface area contributed by atoms with Gasteiger partial charge in [0, 0.05) is 0 Å². The van der Waals surface area contributed by atoms with Crippen molar-refractivity contribution in [3.05, 3.63) is 82.9 Å². The Morgan fingerprint density at radius 1 is 0.645 bits per heavy atom. The molecule has 4 nitrogen and oxygen atoms in total. The molecule has 164 valence electrons. The average Bonchev–Trinajstić information content (AvgIpc) is 2.88. The minimum atomic E-state index is -3.87. The molecule has 31 heavy (non-hydrogen) atoms. The summed E-state index contributed by atoms with van der Waals surface area (Å²) in [5.74, 6) is -0.688. The Kier molecular flexibility index (Phi) is 8.76. The van der Waals surface area contributed by atoms with Gasteiger partial charge in [0.15, 0.2) is 0 Å². The van der Waals surface area contributed by atoms with E-state index in [1.165, 1.54) is 0 Å². The van der Waals surface area contributed by atoms with E-state index in [9.17, 15) is 9.59 Å². The maximum absolute atomic E-state index is 13.4. The van der Waals surface area contributed by atoms with Crippen LogP contribution in [0.15, 0.2) is 71.8 Å². The minimum absolute atomic E-state index is 0.344. The van der Waals surface area contributed by atoms with Crippen molar-refractivity contribution in [2.24, 2.45) is 0 Å². The van der Waals surface area contributed by atoms with Gasteiger partial charge in [-0.3, -0.25) is 0 Å². The standard InChI is InChI=1S/C18H16O4.2C4H9.Sn/c19-17(20)15(11-13-7-3-1-4-8-13)16(18(21)22)12-14-9-5-2-6-10-14;2*1-3-4-2;/h1-10H,11-12H2,(H,19,20)(H,21,22);2*1,3-4H2,2H3;/q;;;+2/p-2. The molecule has 3 rings (SSSR count). The van der Waals surface area contributed by atoms with Crippen LogP contribution in [0.4, 0.5) is 0 Å². The van der Waals surface area contributed by atoms with Crippen molar-refractivity contribution in [2.75, 3.05) is 0 Å². The van der Waals surface area contributed by atoms with Gasteiger partial charge in [-0.2, -0.15) is 0 Å². The number of benzene rings is 2. The SMILES string of the molecule is CCC[CH2][Sn]1([CH2]CCC)[O]C(=O)C(Cc2ccccc2)=C(Cc2ccccc2)C(=O)[O]1. The number of carbonyl (C=O) groups is 2. The van der Waals surface area contributed by atoms with E-state index in [0.717, 1.165) is 45.7 Å². The molecule has 1 heterocycles. The molecule has 0 unspecified atom stereocenters. The second kappa shape index (κ2) is 11.5. The third kappa shape index (κ3) is 6.45. The molecule has 0 bridgehead atoms. The Bertz CT molecular complexity index is 830. The summed E-state index contributed by atoms with van der Waals surface area (Å²) in [5.41, 5.74) is 2.87. The Labute approximate surface area is 190 Å². The second-order valence-electron chi connectivity index (χ2n) is 8.18. The topological polar surface area (TPSA) is 52.6 Å². The molecule has 1 aliphatic rings. The molecule has 0 spiro atoms. The first kappa shape index (κ1) is 23.6.